The van der Waals surface area contributed by atoms with Crippen LogP contribution in [0.3, 0.4) is 0 Å². The van der Waals surface area contributed by atoms with Crippen molar-refractivity contribution in [3.63, 3.8) is 0 Å². The van der Waals surface area contributed by atoms with Gasteiger partial charge in [0, 0.05) is 12.7 Å². The fraction of sp³-hybridized carbons (Fsp3) is 0.364. The van der Waals surface area contributed by atoms with Crippen LogP contribution in [0.5, 0.6) is 0 Å². The summed E-state index contributed by atoms with van der Waals surface area (Å²) in [6.07, 6.45) is 1.28. The molecule has 1 unspecified atom stereocenters. The molecule has 1 amide bonds. The molecule has 1 aromatic heterocycles. The van der Waals surface area contributed by atoms with E-state index in [1.807, 2.05) is 0 Å². The van der Waals surface area contributed by atoms with Crippen molar-refractivity contribution in [2.75, 3.05) is 11.9 Å². The summed E-state index contributed by atoms with van der Waals surface area (Å²) in [6, 6.07) is 2.28. The maximum absolute atomic E-state index is 11.5. The first-order chi connectivity index (χ1) is 9.01. The molecule has 1 aromatic rings. The average Bonchev–Trinajstić information content (AvgIpc) is 2.38. The van der Waals surface area contributed by atoms with Crippen LogP contribution in [0, 0.1) is 21.4 Å². The molecule has 100 valence electrons. The lowest BCUT2D eigenvalue weighted by molar-refractivity contribution is -0.384. The molecule has 0 saturated carbocycles. The highest BCUT2D eigenvalue weighted by Crippen LogP contribution is 2.26. The van der Waals surface area contributed by atoms with Crippen molar-refractivity contribution in [1.29, 1.82) is 5.26 Å². The number of likely N-dealkylation sites (N-methyl/N-ethyl adjacent to an activating group) is 1. The largest absolute Gasteiger partial charge is 0.355 e. The fourth-order valence-corrected chi connectivity index (χ4v) is 1.43. The van der Waals surface area contributed by atoms with Crippen LogP contribution >= 0.6 is 0 Å². The standard InChI is InChI=1S/C11H13N5O3/c1-3-13-11(17)7(2)15-10-9(16(18)19)8(6-12)4-5-14-10/h4-5,7H,3H2,1-2H3,(H,13,17)(H,14,15). The van der Waals surface area contributed by atoms with E-state index >= 15 is 0 Å². The second kappa shape index (κ2) is 6.30. The molecule has 2 N–H and O–H groups in total. The van der Waals surface area contributed by atoms with Gasteiger partial charge in [-0.25, -0.2) is 4.98 Å². The van der Waals surface area contributed by atoms with E-state index < -0.39 is 16.7 Å². The summed E-state index contributed by atoms with van der Waals surface area (Å²) in [5, 5.41) is 25.0. The van der Waals surface area contributed by atoms with E-state index in [4.69, 9.17) is 5.26 Å². The summed E-state index contributed by atoms with van der Waals surface area (Å²) in [7, 11) is 0. The summed E-state index contributed by atoms with van der Waals surface area (Å²) in [5.74, 6) is -0.399. The van der Waals surface area contributed by atoms with E-state index in [1.165, 1.54) is 12.3 Å². The Bertz CT molecular complexity index is 538. The van der Waals surface area contributed by atoms with E-state index in [0.717, 1.165) is 0 Å². The molecule has 19 heavy (non-hydrogen) atoms. The molecular formula is C11H13N5O3. The summed E-state index contributed by atoms with van der Waals surface area (Å²) in [4.78, 5) is 25.6. The molecule has 8 heteroatoms. The minimum Gasteiger partial charge on any atom is -0.355 e. The van der Waals surface area contributed by atoms with Gasteiger partial charge in [0.2, 0.25) is 11.7 Å². The van der Waals surface area contributed by atoms with E-state index in [-0.39, 0.29) is 17.3 Å². The number of pyridine rings is 1. The molecule has 0 spiro atoms. The van der Waals surface area contributed by atoms with Crippen molar-refractivity contribution in [1.82, 2.24) is 10.3 Å². The van der Waals surface area contributed by atoms with Crippen molar-refractivity contribution in [3.05, 3.63) is 27.9 Å². The number of hydrogen-bond donors (Lipinski definition) is 2. The Morgan fingerprint density at radius 1 is 1.68 bits per heavy atom. The molecule has 8 nitrogen and oxygen atoms in total. The summed E-state index contributed by atoms with van der Waals surface area (Å²) >= 11 is 0. The predicted molar refractivity (Wildman–Crippen MR) is 67.4 cm³/mol. The monoisotopic (exact) mass is 263 g/mol. The lowest BCUT2D eigenvalue weighted by Gasteiger charge is -2.13. The third-order valence-corrected chi connectivity index (χ3v) is 2.32. The predicted octanol–water partition coefficient (Wildman–Crippen LogP) is 0.798. The Labute approximate surface area is 109 Å². The molecule has 0 aromatic carbocycles. The number of rotatable bonds is 5. The maximum atomic E-state index is 11.5. The van der Waals surface area contributed by atoms with Gasteiger partial charge in [0.05, 0.1) is 4.92 Å². The first-order valence-corrected chi connectivity index (χ1v) is 5.59. The second-order valence-electron chi connectivity index (χ2n) is 3.69. The first kappa shape index (κ1) is 14.4. The third kappa shape index (κ3) is 3.38. The lowest BCUT2D eigenvalue weighted by Crippen LogP contribution is -2.37. The zero-order valence-electron chi connectivity index (χ0n) is 10.5. The van der Waals surface area contributed by atoms with Crippen LogP contribution in [0.25, 0.3) is 0 Å². The fourth-order valence-electron chi connectivity index (χ4n) is 1.43. The smallest absolute Gasteiger partial charge is 0.328 e. The van der Waals surface area contributed by atoms with Gasteiger partial charge in [0.1, 0.15) is 17.7 Å². The number of carbonyl (C=O) groups is 1. The Balaban J connectivity index is 3.05. The zero-order valence-corrected chi connectivity index (χ0v) is 10.5. The number of carbonyl (C=O) groups excluding carboxylic acids is 1. The van der Waals surface area contributed by atoms with Crippen LogP contribution in [-0.4, -0.2) is 28.4 Å². The molecule has 0 fully saturated rings. The van der Waals surface area contributed by atoms with Crippen LogP contribution in [-0.2, 0) is 4.79 Å². The van der Waals surface area contributed by atoms with Gasteiger partial charge in [0.15, 0.2) is 0 Å². The molecule has 0 aliphatic carbocycles. The van der Waals surface area contributed by atoms with Gasteiger partial charge in [0.25, 0.3) is 0 Å². The number of nitrogens with zero attached hydrogens (tertiary/aromatic N) is 3. The highest BCUT2D eigenvalue weighted by molar-refractivity contribution is 5.84. The Morgan fingerprint density at radius 3 is 2.89 bits per heavy atom. The number of nitriles is 1. The molecule has 0 aliphatic heterocycles. The summed E-state index contributed by atoms with van der Waals surface area (Å²) in [5.41, 5.74) is -0.535. The SMILES string of the molecule is CCNC(=O)C(C)Nc1nccc(C#N)c1[N+](=O)[O-]. The van der Waals surface area contributed by atoms with E-state index in [9.17, 15) is 14.9 Å². The minimum absolute atomic E-state index is 0.0946. The number of amides is 1. The van der Waals surface area contributed by atoms with Gasteiger partial charge in [-0.3, -0.25) is 14.9 Å². The number of nitro groups is 1. The third-order valence-electron chi connectivity index (χ3n) is 2.32. The lowest BCUT2D eigenvalue weighted by atomic mass is 10.2. The van der Waals surface area contributed by atoms with Gasteiger partial charge < -0.3 is 10.6 Å². The molecule has 0 saturated heterocycles. The topological polar surface area (TPSA) is 121 Å². The van der Waals surface area contributed by atoms with Gasteiger partial charge in [-0.05, 0) is 19.9 Å². The quantitative estimate of drug-likeness (QED) is 0.598. The van der Waals surface area contributed by atoms with E-state index in [1.54, 1.807) is 19.9 Å². The minimum atomic E-state index is -0.696. The normalized spacial score (nSPS) is 11.2. The van der Waals surface area contributed by atoms with Gasteiger partial charge in [-0.1, -0.05) is 0 Å². The first-order valence-electron chi connectivity index (χ1n) is 5.59. The van der Waals surface area contributed by atoms with Gasteiger partial charge >= 0.3 is 5.69 Å². The van der Waals surface area contributed by atoms with Crippen molar-refractivity contribution >= 4 is 17.4 Å². The molecular weight excluding hydrogens is 250 g/mol. The highest BCUT2D eigenvalue weighted by Gasteiger charge is 2.23. The number of nitrogens with one attached hydrogen (secondary N) is 2. The molecule has 1 heterocycles. The molecule has 1 atom stereocenters. The maximum Gasteiger partial charge on any atom is 0.328 e. The Morgan fingerprint density at radius 2 is 2.37 bits per heavy atom. The van der Waals surface area contributed by atoms with E-state index in [0.29, 0.717) is 6.54 Å². The van der Waals surface area contributed by atoms with Crippen molar-refractivity contribution in [3.8, 4) is 6.07 Å². The number of hydrogen-bond acceptors (Lipinski definition) is 6. The summed E-state index contributed by atoms with van der Waals surface area (Å²) < 4.78 is 0. The van der Waals surface area contributed by atoms with Crippen molar-refractivity contribution in [2.45, 2.75) is 19.9 Å². The molecule has 0 radical (unpaired) electrons. The second-order valence-corrected chi connectivity index (χ2v) is 3.69. The molecule has 0 bridgehead atoms. The Kier molecular flexibility index (Phi) is 4.76. The van der Waals surface area contributed by atoms with Crippen LogP contribution in [0.15, 0.2) is 12.3 Å². The number of aromatic nitrogens is 1. The van der Waals surface area contributed by atoms with Crippen LogP contribution in [0.4, 0.5) is 11.5 Å². The summed E-state index contributed by atoms with van der Waals surface area (Å²) in [6.45, 7) is 3.77. The van der Waals surface area contributed by atoms with Crippen LogP contribution in [0.2, 0.25) is 0 Å². The van der Waals surface area contributed by atoms with Crippen molar-refractivity contribution < 1.29 is 9.72 Å². The van der Waals surface area contributed by atoms with Gasteiger partial charge in [-0.2, -0.15) is 5.26 Å². The van der Waals surface area contributed by atoms with E-state index in [2.05, 4.69) is 15.6 Å². The molecule has 0 aliphatic rings. The number of anilines is 1. The average molecular weight is 263 g/mol. The highest BCUT2D eigenvalue weighted by atomic mass is 16.6. The zero-order chi connectivity index (χ0) is 14.4. The van der Waals surface area contributed by atoms with Gasteiger partial charge in [-0.15, -0.1) is 0 Å². The molecule has 1 rings (SSSR count). The Hall–Kier alpha value is -2.69. The van der Waals surface area contributed by atoms with Crippen molar-refractivity contribution in [2.24, 2.45) is 0 Å². The van der Waals surface area contributed by atoms with Crippen LogP contribution in [0.1, 0.15) is 19.4 Å². The van der Waals surface area contributed by atoms with Crippen LogP contribution < -0.4 is 10.6 Å².